The van der Waals surface area contributed by atoms with Gasteiger partial charge in [-0.25, -0.2) is 9.97 Å². The van der Waals surface area contributed by atoms with Crippen molar-refractivity contribution in [2.45, 2.75) is 31.7 Å². The number of nitrogens with two attached hydrogens (primary N) is 1. The molecule has 0 atom stereocenters. The molecule has 0 spiro atoms. The average molecular weight is 247 g/mol. The Labute approximate surface area is 106 Å². The summed E-state index contributed by atoms with van der Waals surface area (Å²) in [5.41, 5.74) is 5.87. The van der Waals surface area contributed by atoms with E-state index in [2.05, 4.69) is 20.0 Å². The highest BCUT2D eigenvalue weighted by Gasteiger charge is 2.34. The van der Waals surface area contributed by atoms with Crippen LogP contribution in [0.2, 0.25) is 0 Å². The third-order valence-electron chi connectivity index (χ3n) is 3.44. The second-order valence-corrected chi connectivity index (χ2v) is 5.07. The first-order chi connectivity index (χ1) is 8.78. The van der Waals surface area contributed by atoms with Crippen LogP contribution in [0.15, 0.2) is 17.5 Å². The summed E-state index contributed by atoms with van der Waals surface area (Å²) in [6.45, 7) is 1.09. The second kappa shape index (κ2) is 4.44. The molecule has 0 amide bonds. The topological polar surface area (TPSA) is 87.6 Å². The normalized spacial score (nSPS) is 19.9. The highest BCUT2D eigenvalue weighted by atomic mass is 16.4. The molecule has 0 bridgehead atoms. The summed E-state index contributed by atoms with van der Waals surface area (Å²) in [5.74, 6) is 1.73. The summed E-state index contributed by atoms with van der Waals surface area (Å²) in [7, 11) is 0. The van der Waals surface area contributed by atoms with Crippen LogP contribution in [0.5, 0.6) is 0 Å². The zero-order valence-electron chi connectivity index (χ0n) is 10.2. The van der Waals surface area contributed by atoms with Crippen molar-refractivity contribution in [2.75, 3.05) is 11.4 Å². The molecule has 0 saturated heterocycles. The first kappa shape index (κ1) is 11.3. The third kappa shape index (κ3) is 2.37. The Bertz CT molecular complexity index is 450. The van der Waals surface area contributed by atoms with Crippen molar-refractivity contribution in [3.05, 3.63) is 18.1 Å². The molecule has 3 N–H and O–H groups in total. The number of anilines is 1. The summed E-state index contributed by atoms with van der Waals surface area (Å²) in [5, 5.41) is 11.5. The molecule has 18 heavy (non-hydrogen) atoms. The van der Waals surface area contributed by atoms with Crippen molar-refractivity contribution >= 4 is 11.7 Å². The van der Waals surface area contributed by atoms with Crippen LogP contribution in [0.25, 0.3) is 0 Å². The molecular formula is C12H17N5O. The predicted molar refractivity (Wildman–Crippen MR) is 67.6 cm³/mol. The van der Waals surface area contributed by atoms with E-state index in [0.717, 1.165) is 18.3 Å². The summed E-state index contributed by atoms with van der Waals surface area (Å²) in [6.07, 6.45) is 8.44. The monoisotopic (exact) mass is 247 g/mol. The predicted octanol–water partition coefficient (Wildman–Crippen LogP) is 0.950. The number of rotatable bonds is 5. The molecule has 6 heteroatoms. The molecular weight excluding hydrogens is 230 g/mol. The van der Waals surface area contributed by atoms with Gasteiger partial charge in [0.25, 0.3) is 0 Å². The number of hydrogen-bond acceptors (Lipinski definition) is 5. The van der Waals surface area contributed by atoms with E-state index in [4.69, 9.17) is 10.9 Å². The number of nitrogens with zero attached hydrogens (tertiary/aromatic N) is 4. The minimum absolute atomic E-state index is 0.00536. The highest BCUT2D eigenvalue weighted by Crippen LogP contribution is 2.36. The van der Waals surface area contributed by atoms with E-state index < -0.39 is 0 Å². The fraction of sp³-hybridized carbons (Fsp3) is 0.583. The van der Waals surface area contributed by atoms with Gasteiger partial charge in [0.2, 0.25) is 0 Å². The molecule has 1 aromatic heterocycles. The number of aromatic nitrogens is 2. The third-order valence-corrected chi connectivity index (χ3v) is 3.44. The molecule has 96 valence electrons. The molecule has 3 rings (SSSR count). The summed E-state index contributed by atoms with van der Waals surface area (Å²) < 4.78 is 0. The maximum atomic E-state index is 8.58. The van der Waals surface area contributed by atoms with Crippen LogP contribution in [0, 0.1) is 5.92 Å². The standard InChI is InChI=1S/C12H17N5O/c13-12(16-18)10-5-15-11(6-14-10)17(9-3-4-9)7-8-1-2-8/h5-6,8-9,18H,1-4,7H2,(H2,13,16). The zero-order chi connectivity index (χ0) is 12.5. The van der Waals surface area contributed by atoms with Crippen LogP contribution in [0.4, 0.5) is 5.82 Å². The number of oxime groups is 1. The summed E-state index contributed by atoms with van der Waals surface area (Å²) in [4.78, 5) is 10.9. The smallest absolute Gasteiger partial charge is 0.190 e. The molecule has 0 radical (unpaired) electrons. The molecule has 0 aromatic carbocycles. The van der Waals surface area contributed by atoms with Gasteiger partial charge in [-0.15, -0.1) is 0 Å². The van der Waals surface area contributed by atoms with E-state index >= 15 is 0 Å². The molecule has 0 aliphatic heterocycles. The molecule has 6 nitrogen and oxygen atoms in total. The van der Waals surface area contributed by atoms with Crippen LogP contribution in [-0.4, -0.2) is 33.6 Å². The second-order valence-electron chi connectivity index (χ2n) is 5.07. The van der Waals surface area contributed by atoms with E-state index in [-0.39, 0.29) is 5.84 Å². The lowest BCUT2D eigenvalue weighted by Gasteiger charge is -2.23. The van der Waals surface area contributed by atoms with E-state index in [0.29, 0.717) is 11.7 Å². The molecule has 1 aromatic rings. The quantitative estimate of drug-likeness (QED) is 0.350. The molecule has 1 heterocycles. The fourth-order valence-corrected chi connectivity index (χ4v) is 2.05. The van der Waals surface area contributed by atoms with Gasteiger partial charge in [0, 0.05) is 12.6 Å². The molecule has 2 aliphatic carbocycles. The SMILES string of the molecule is NC(=NO)c1cnc(N(CC2CC2)C2CC2)cn1. The van der Waals surface area contributed by atoms with Gasteiger partial charge < -0.3 is 15.8 Å². The fourth-order valence-electron chi connectivity index (χ4n) is 2.05. The van der Waals surface area contributed by atoms with Crippen molar-refractivity contribution in [3.8, 4) is 0 Å². The molecule has 0 unspecified atom stereocenters. The van der Waals surface area contributed by atoms with Gasteiger partial charge in [-0.3, -0.25) is 0 Å². The van der Waals surface area contributed by atoms with Gasteiger partial charge in [0.05, 0.1) is 12.4 Å². The maximum absolute atomic E-state index is 8.58. The van der Waals surface area contributed by atoms with Gasteiger partial charge in [0.15, 0.2) is 5.84 Å². The van der Waals surface area contributed by atoms with E-state index in [1.165, 1.54) is 25.7 Å². The largest absolute Gasteiger partial charge is 0.409 e. The Balaban J connectivity index is 1.76. The first-order valence-corrected chi connectivity index (χ1v) is 6.34. The summed E-state index contributed by atoms with van der Waals surface area (Å²) >= 11 is 0. The zero-order valence-corrected chi connectivity index (χ0v) is 10.2. The number of hydrogen-bond donors (Lipinski definition) is 2. The molecule has 2 fully saturated rings. The Hall–Kier alpha value is -1.85. The van der Waals surface area contributed by atoms with Crippen molar-refractivity contribution in [1.82, 2.24) is 9.97 Å². The summed E-state index contributed by atoms with van der Waals surface area (Å²) in [6, 6.07) is 0.634. The number of amidine groups is 1. The average Bonchev–Trinajstić information content (AvgIpc) is 3.28. The van der Waals surface area contributed by atoms with Crippen LogP contribution >= 0.6 is 0 Å². The van der Waals surface area contributed by atoms with Crippen LogP contribution in [0.1, 0.15) is 31.4 Å². The molecule has 2 saturated carbocycles. The van der Waals surface area contributed by atoms with Crippen molar-refractivity contribution in [1.29, 1.82) is 0 Å². The van der Waals surface area contributed by atoms with Crippen molar-refractivity contribution < 1.29 is 5.21 Å². The lowest BCUT2D eigenvalue weighted by molar-refractivity contribution is 0.318. The lowest BCUT2D eigenvalue weighted by Crippen LogP contribution is -2.29. The minimum Gasteiger partial charge on any atom is -0.409 e. The first-order valence-electron chi connectivity index (χ1n) is 6.34. The Morgan fingerprint density at radius 1 is 1.33 bits per heavy atom. The van der Waals surface area contributed by atoms with Crippen LogP contribution < -0.4 is 10.6 Å². The maximum Gasteiger partial charge on any atom is 0.190 e. The highest BCUT2D eigenvalue weighted by molar-refractivity contribution is 5.94. The van der Waals surface area contributed by atoms with Gasteiger partial charge in [0.1, 0.15) is 11.5 Å². The van der Waals surface area contributed by atoms with Crippen molar-refractivity contribution in [3.63, 3.8) is 0 Å². The van der Waals surface area contributed by atoms with Crippen LogP contribution in [0.3, 0.4) is 0 Å². The van der Waals surface area contributed by atoms with Gasteiger partial charge in [-0.2, -0.15) is 0 Å². The van der Waals surface area contributed by atoms with Crippen LogP contribution in [-0.2, 0) is 0 Å². The van der Waals surface area contributed by atoms with Crippen molar-refractivity contribution in [2.24, 2.45) is 16.8 Å². The van der Waals surface area contributed by atoms with Gasteiger partial charge >= 0.3 is 0 Å². The van der Waals surface area contributed by atoms with Gasteiger partial charge in [-0.05, 0) is 31.6 Å². The van der Waals surface area contributed by atoms with E-state index in [9.17, 15) is 0 Å². The van der Waals surface area contributed by atoms with E-state index in [1.54, 1.807) is 12.4 Å². The lowest BCUT2D eigenvalue weighted by atomic mass is 10.3. The Kier molecular flexibility index (Phi) is 2.77. The van der Waals surface area contributed by atoms with Gasteiger partial charge in [-0.1, -0.05) is 5.16 Å². The van der Waals surface area contributed by atoms with E-state index in [1.807, 2.05) is 0 Å². The Morgan fingerprint density at radius 3 is 2.61 bits per heavy atom. The minimum atomic E-state index is -0.00536. The Morgan fingerprint density at radius 2 is 2.11 bits per heavy atom. The molecule has 2 aliphatic rings.